The molecule has 0 spiro atoms. The lowest BCUT2D eigenvalue weighted by Crippen LogP contribution is -2.35. The van der Waals surface area contributed by atoms with Gasteiger partial charge in [-0.05, 0) is 17.7 Å². The zero-order chi connectivity index (χ0) is 13.6. The Morgan fingerprint density at radius 2 is 1.67 bits per heavy atom. The van der Waals surface area contributed by atoms with Crippen LogP contribution in [0.25, 0.3) is 0 Å². The quantitative estimate of drug-likeness (QED) is 0.719. The van der Waals surface area contributed by atoms with Crippen LogP contribution in [0.1, 0.15) is 5.56 Å². The molecule has 0 radical (unpaired) electrons. The van der Waals surface area contributed by atoms with Crippen LogP contribution < -0.4 is 10.1 Å². The summed E-state index contributed by atoms with van der Waals surface area (Å²) in [7, 11) is 0. The average molecular weight is 265 g/mol. The van der Waals surface area contributed by atoms with Crippen LogP contribution in [0.3, 0.4) is 0 Å². The molecule has 0 heterocycles. The number of hydrogen-bond acceptors (Lipinski definition) is 4. The normalized spacial score (nSPS) is 11.9. The molecule has 102 valence electrons. The summed E-state index contributed by atoms with van der Waals surface area (Å²) in [6, 6.07) is 4.91. The van der Waals surface area contributed by atoms with Crippen LogP contribution in [0.4, 0.5) is 13.2 Å². The third kappa shape index (κ3) is 5.35. The summed E-state index contributed by atoms with van der Waals surface area (Å²) >= 11 is 0. The number of benzene rings is 1. The number of hydrogen-bond donors (Lipinski definition) is 3. The molecule has 0 unspecified atom stereocenters. The molecule has 1 aromatic rings. The summed E-state index contributed by atoms with van der Waals surface area (Å²) in [4.78, 5) is 0. The van der Waals surface area contributed by atoms with Crippen LogP contribution in [0.2, 0.25) is 0 Å². The topological polar surface area (TPSA) is 61.7 Å². The summed E-state index contributed by atoms with van der Waals surface area (Å²) < 4.78 is 39.4. The van der Waals surface area contributed by atoms with Gasteiger partial charge in [-0.3, -0.25) is 0 Å². The average Bonchev–Trinajstić information content (AvgIpc) is 2.30. The van der Waals surface area contributed by atoms with E-state index in [4.69, 9.17) is 10.2 Å². The van der Waals surface area contributed by atoms with Crippen molar-refractivity contribution in [1.29, 1.82) is 0 Å². The van der Waals surface area contributed by atoms with Crippen molar-refractivity contribution in [3.05, 3.63) is 29.8 Å². The third-order valence-corrected chi connectivity index (χ3v) is 2.19. The molecular formula is C11H14F3NO3. The lowest BCUT2D eigenvalue weighted by molar-refractivity contribution is -0.274. The lowest BCUT2D eigenvalue weighted by atomic mass is 10.2. The van der Waals surface area contributed by atoms with E-state index in [-0.39, 0.29) is 19.0 Å². The summed E-state index contributed by atoms with van der Waals surface area (Å²) in [5.74, 6) is -0.285. The van der Waals surface area contributed by atoms with E-state index in [1.54, 1.807) is 0 Å². The molecule has 0 saturated carbocycles. The maximum Gasteiger partial charge on any atom is 0.573 e. The Morgan fingerprint density at radius 3 is 2.11 bits per heavy atom. The Balaban J connectivity index is 2.50. The second-order valence-electron chi connectivity index (χ2n) is 3.63. The third-order valence-electron chi connectivity index (χ3n) is 2.19. The molecular weight excluding hydrogens is 251 g/mol. The van der Waals surface area contributed by atoms with Crippen molar-refractivity contribution in [3.63, 3.8) is 0 Å². The highest BCUT2D eigenvalue weighted by atomic mass is 19.4. The van der Waals surface area contributed by atoms with Crippen LogP contribution in [-0.2, 0) is 6.54 Å². The SMILES string of the molecule is OCC(CO)NCc1ccc(OC(F)(F)F)cc1. The number of alkyl halides is 3. The number of rotatable bonds is 6. The van der Waals surface area contributed by atoms with Crippen LogP contribution in [0, 0.1) is 0 Å². The van der Waals surface area contributed by atoms with E-state index in [1.165, 1.54) is 24.3 Å². The second-order valence-corrected chi connectivity index (χ2v) is 3.63. The summed E-state index contributed by atoms with van der Waals surface area (Å²) in [5.41, 5.74) is 0.719. The van der Waals surface area contributed by atoms with E-state index in [2.05, 4.69) is 10.1 Å². The first-order valence-electron chi connectivity index (χ1n) is 5.24. The number of aliphatic hydroxyl groups is 2. The van der Waals surface area contributed by atoms with Crippen molar-refractivity contribution in [2.45, 2.75) is 18.9 Å². The number of ether oxygens (including phenoxy) is 1. The minimum Gasteiger partial charge on any atom is -0.406 e. The molecule has 3 N–H and O–H groups in total. The molecule has 0 aliphatic carbocycles. The number of aliphatic hydroxyl groups excluding tert-OH is 2. The maximum absolute atomic E-state index is 11.9. The molecule has 0 aliphatic rings. The lowest BCUT2D eigenvalue weighted by Gasteiger charge is -2.13. The fourth-order valence-corrected chi connectivity index (χ4v) is 1.26. The Morgan fingerprint density at radius 1 is 1.11 bits per heavy atom. The standard InChI is InChI=1S/C11H14F3NO3/c12-11(13,14)18-10-3-1-8(2-4-10)5-15-9(6-16)7-17/h1-4,9,15-17H,5-7H2. The van der Waals surface area contributed by atoms with Gasteiger partial charge in [-0.2, -0.15) is 0 Å². The molecule has 0 atom stereocenters. The molecule has 1 rings (SSSR count). The van der Waals surface area contributed by atoms with Gasteiger partial charge in [-0.25, -0.2) is 0 Å². The molecule has 0 aliphatic heterocycles. The van der Waals surface area contributed by atoms with Crippen molar-refractivity contribution in [3.8, 4) is 5.75 Å². The Kier molecular flexibility index (Phi) is 5.39. The van der Waals surface area contributed by atoms with Crippen LogP contribution >= 0.6 is 0 Å². The van der Waals surface area contributed by atoms with Crippen molar-refractivity contribution in [2.24, 2.45) is 0 Å². The van der Waals surface area contributed by atoms with Gasteiger partial charge in [0.1, 0.15) is 5.75 Å². The van der Waals surface area contributed by atoms with Crippen molar-refractivity contribution in [1.82, 2.24) is 5.32 Å². The van der Waals surface area contributed by atoms with Gasteiger partial charge >= 0.3 is 6.36 Å². The highest BCUT2D eigenvalue weighted by Gasteiger charge is 2.30. The van der Waals surface area contributed by atoms with E-state index in [9.17, 15) is 13.2 Å². The van der Waals surface area contributed by atoms with Gasteiger partial charge in [0.25, 0.3) is 0 Å². The van der Waals surface area contributed by atoms with Gasteiger partial charge in [-0.15, -0.1) is 13.2 Å². The minimum atomic E-state index is -4.70. The zero-order valence-electron chi connectivity index (χ0n) is 9.44. The highest BCUT2D eigenvalue weighted by Crippen LogP contribution is 2.22. The first-order valence-corrected chi connectivity index (χ1v) is 5.24. The molecule has 0 saturated heterocycles. The predicted octanol–water partition coefficient (Wildman–Crippen LogP) is 1.03. The van der Waals surface area contributed by atoms with Crippen molar-refractivity contribution in [2.75, 3.05) is 13.2 Å². The molecule has 0 fully saturated rings. The Bertz CT molecular complexity index is 350. The van der Waals surface area contributed by atoms with E-state index < -0.39 is 12.4 Å². The van der Waals surface area contributed by atoms with Crippen LogP contribution in [-0.4, -0.2) is 35.8 Å². The van der Waals surface area contributed by atoms with Gasteiger partial charge < -0.3 is 20.3 Å². The second kappa shape index (κ2) is 6.58. The molecule has 0 aromatic heterocycles. The predicted molar refractivity (Wildman–Crippen MR) is 57.9 cm³/mol. The van der Waals surface area contributed by atoms with Crippen LogP contribution in [0.15, 0.2) is 24.3 Å². The minimum absolute atomic E-state index is 0.216. The first kappa shape index (κ1) is 14.7. The molecule has 1 aromatic carbocycles. The van der Waals surface area contributed by atoms with Gasteiger partial charge in [0.05, 0.1) is 19.3 Å². The number of nitrogens with one attached hydrogen (secondary N) is 1. The van der Waals surface area contributed by atoms with E-state index >= 15 is 0 Å². The highest BCUT2D eigenvalue weighted by molar-refractivity contribution is 5.27. The van der Waals surface area contributed by atoms with E-state index in [1.807, 2.05) is 0 Å². The van der Waals surface area contributed by atoms with E-state index in [0.29, 0.717) is 6.54 Å². The van der Waals surface area contributed by atoms with Crippen molar-refractivity contribution < 1.29 is 28.1 Å². The monoisotopic (exact) mass is 265 g/mol. The van der Waals surface area contributed by atoms with Gasteiger partial charge in [0, 0.05) is 6.54 Å². The van der Waals surface area contributed by atoms with E-state index in [0.717, 1.165) is 5.56 Å². The van der Waals surface area contributed by atoms with Gasteiger partial charge in [0.2, 0.25) is 0 Å². The molecule has 4 nitrogen and oxygen atoms in total. The maximum atomic E-state index is 11.9. The number of halogens is 3. The zero-order valence-corrected chi connectivity index (χ0v) is 9.44. The molecule has 18 heavy (non-hydrogen) atoms. The van der Waals surface area contributed by atoms with Crippen molar-refractivity contribution >= 4 is 0 Å². The molecule has 0 bridgehead atoms. The van der Waals surface area contributed by atoms with Gasteiger partial charge in [0.15, 0.2) is 0 Å². The summed E-state index contributed by atoms with van der Waals surface area (Å²) in [6.07, 6.45) is -4.70. The Hall–Kier alpha value is -1.31. The summed E-state index contributed by atoms with van der Waals surface area (Å²) in [5, 5.41) is 20.5. The largest absolute Gasteiger partial charge is 0.573 e. The smallest absolute Gasteiger partial charge is 0.406 e. The fourth-order valence-electron chi connectivity index (χ4n) is 1.26. The fraction of sp³-hybridized carbons (Fsp3) is 0.455. The van der Waals surface area contributed by atoms with Crippen LogP contribution in [0.5, 0.6) is 5.75 Å². The Labute approximate surface area is 102 Å². The molecule has 7 heteroatoms. The van der Waals surface area contributed by atoms with Gasteiger partial charge in [-0.1, -0.05) is 12.1 Å². The first-order chi connectivity index (χ1) is 8.44. The summed E-state index contributed by atoms with van der Waals surface area (Å²) in [6.45, 7) is -0.102. The molecule has 0 amide bonds.